The van der Waals surface area contributed by atoms with Gasteiger partial charge in [0.25, 0.3) is 10.0 Å². The molecule has 182 valence electrons. The van der Waals surface area contributed by atoms with Gasteiger partial charge >= 0.3 is 0 Å². The zero-order valence-electron chi connectivity index (χ0n) is 18.7. The Kier molecular flexibility index (Phi) is 5.58. The van der Waals surface area contributed by atoms with Crippen LogP contribution in [0.3, 0.4) is 0 Å². The van der Waals surface area contributed by atoms with E-state index in [0.717, 1.165) is 30.1 Å². The molecule has 0 saturated heterocycles. The number of nitrogens with zero attached hydrogens (tertiary/aromatic N) is 5. The fourth-order valence-corrected chi connectivity index (χ4v) is 5.59. The molecule has 35 heavy (non-hydrogen) atoms. The normalized spacial score (nSPS) is 15.7. The number of nitrogens with one attached hydrogen (secondary N) is 2. The molecule has 1 aliphatic rings. The second-order valence-electron chi connectivity index (χ2n) is 8.34. The largest absolute Gasteiger partial charge is 0.333 e. The molecular formula is C22H20F3N7O2S. The van der Waals surface area contributed by atoms with Crippen molar-refractivity contribution >= 4 is 15.7 Å². The number of sulfonamides is 1. The molecule has 0 amide bonds. The SMILES string of the molecule is Cc1nc(-c2ncn3c2CC[C@@H](c2c(F)ccc(NS(=O)(=O)c4cc(F)cnc4C)c2F)C3)n[nH]1. The van der Waals surface area contributed by atoms with Gasteiger partial charge in [0.1, 0.15) is 28.0 Å². The molecule has 0 saturated carbocycles. The Bertz CT molecular complexity index is 1550. The van der Waals surface area contributed by atoms with Crippen LogP contribution in [-0.4, -0.2) is 38.1 Å². The third-order valence-corrected chi connectivity index (χ3v) is 7.46. The Labute approximate surface area is 198 Å². The third-order valence-electron chi connectivity index (χ3n) is 5.98. The number of rotatable bonds is 5. The molecular weight excluding hydrogens is 483 g/mol. The number of hydrogen-bond donors (Lipinski definition) is 2. The molecule has 9 nitrogen and oxygen atoms in total. The number of hydrogen-bond acceptors (Lipinski definition) is 6. The smallest absolute Gasteiger partial charge is 0.263 e. The number of aromatic amines is 1. The van der Waals surface area contributed by atoms with Crippen LogP contribution >= 0.6 is 0 Å². The fourth-order valence-electron chi connectivity index (χ4n) is 4.32. The van der Waals surface area contributed by atoms with Gasteiger partial charge in [-0.25, -0.2) is 31.6 Å². The van der Waals surface area contributed by atoms with Crippen LogP contribution in [0.1, 0.15) is 35.1 Å². The number of aromatic nitrogens is 6. The van der Waals surface area contributed by atoms with E-state index in [9.17, 15) is 17.2 Å². The Morgan fingerprint density at radius 3 is 2.71 bits per heavy atom. The maximum Gasteiger partial charge on any atom is 0.263 e. The van der Waals surface area contributed by atoms with Crippen molar-refractivity contribution in [2.24, 2.45) is 0 Å². The Hall–Kier alpha value is -3.74. The van der Waals surface area contributed by atoms with Crippen LogP contribution in [0.5, 0.6) is 0 Å². The van der Waals surface area contributed by atoms with Gasteiger partial charge in [-0.3, -0.25) is 14.8 Å². The van der Waals surface area contributed by atoms with Crippen LogP contribution in [0.25, 0.3) is 11.5 Å². The molecule has 3 aromatic heterocycles. The van der Waals surface area contributed by atoms with E-state index >= 15 is 4.39 Å². The summed E-state index contributed by atoms with van der Waals surface area (Å²) in [6.45, 7) is 3.40. The first-order valence-corrected chi connectivity index (χ1v) is 12.2. The van der Waals surface area contributed by atoms with E-state index in [1.807, 2.05) is 0 Å². The predicted molar refractivity (Wildman–Crippen MR) is 120 cm³/mol. The summed E-state index contributed by atoms with van der Waals surface area (Å²) in [5.41, 5.74) is 0.840. The average molecular weight is 504 g/mol. The van der Waals surface area contributed by atoms with Gasteiger partial charge in [0.2, 0.25) is 5.82 Å². The number of imidazole rings is 1. The van der Waals surface area contributed by atoms with E-state index in [-0.39, 0.29) is 17.8 Å². The topological polar surface area (TPSA) is 118 Å². The summed E-state index contributed by atoms with van der Waals surface area (Å²) in [5, 5.41) is 6.90. The lowest BCUT2D eigenvalue weighted by Gasteiger charge is -2.26. The zero-order valence-corrected chi connectivity index (χ0v) is 19.5. The molecule has 5 rings (SSSR count). The number of anilines is 1. The quantitative estimate of drug-likeness (QED) is 0.429. The molecule has 1 aliphatic heterocycles. The Balaban J connectivity index is 1.45. The van der Waals surface area contributed by atoms with Crippen LogP contribution in [0.15, 0.2) is 35.6 Å². The molecule has 4 heterocycles. The number of fused-ring (bicyclic) bond motifs is 1. The first-order valence-electron chi connectivity index (χ1n) is 10.7. The van der Waals surface area contributed by atoms with Crippen molar-refractivity contribution in [1.82, 2.24) is 29.7 Å². The molecule has 1 aromatic carbocycles. The van der Waals surface area contributed by atoms with Crippen LogP contribution in [0, 0.1) is 31.3 Å². The molecule has 0 spiro atoms. The third kappa shape index (κ3) is 4.16. The second-order valence-corrected chi connectivity index (χ2v) is 9.99. The van der Waals surface area contributed by atoms with E-state index in [0.29, 0.717) is 30.2 Å². The number of H-pyrrole nitrogens is 1. The number of pyridine rings is 1. The van der Waals surface area contributed by atoms with E-state index in [1.54, 1.807) is 17.8 Å². The number of aryl methyl sites for hydroxylation is 2. The monoisotopic (exact) mass is 503 g/mol. The summed E-state index contributed by atoms with van der Waals surface area (Å²) < 4.78 is 73.4. The summed E-state index contributed by atoms with van der Waals surface area (Å²) in [6, 6.07) is 2.81. The van der Waals surface area contributed by atoms with Crippen molar-refractivity contribution in [3.8, 4) is 11.5 Å². The van der Waals surface area contributed by atoms with Crippen molar-refractivity contribution in [2.45, 2.75) is 44.0 Å². The van der Waals surface area contributed by atoms with Gasteiger partial charge in [-0.05, 0) is 44.9 Å². The van der Waals surface area contributed by atoms with Crippen molar-refractivity contribution in [1.29, 1.82) is 0 Å². The maximum absolute atomic E-state index is 15.5. The molecule has 0 fully saturated rings. The van der Waals surface area contributed by atoms with Gasteiger partial charge < -0.3 is 4.57 Å². The first kappa shape index (κ1) is 23.0. The van der Waals surface area contributed by atoms with Crippen LogP contribution in [0.4, 0.5) is 18.9 Å². The summed E-state index contributed by atoms with van der Waals surface area (Å²) in [4.78, 5) is 11.9. The van der Waals surface area contributed by atoms with Gasteiger partial charge in [-0.1, -0.05) is 0 Å². The van der Waals surface area contributed by atoms with Gasteiger partial charge in [0.05, 0.1) is 23.9 Å². The fraction of sp³-hybridized carbons (Fsp3) is 0.273. The number of halogens is 3. The van der Waals surface area contributed by atoms with Crippen molar-refractivity contribution in [3.63, 3.8) is 0 Å². The summed E-state index contributed by atoms with van der Waals surface area (Å²) in [7, 11) is -4.37. The lowest BCUT2D eigenvalue weighted by molar-refractivity contribution is 0.427. The van der Waals surface area contributed by atoms with Crippen LogP contribution in [-0.2, 0) is 23.0 Å². The minimum Gasteiger partial charge on any atom is -0.333 e. The van der Waals surface area contributed by atoms with Gasteiger partial charge in [0.15, 0.2) is 5.82 Å². The highest BCUT2D eigenvalue weighted by molar-refractivity contribution is 7.92. The van der Waals surface area contributed by atoms with Crippen molar-refractivity contribution in [3.05, 3.63) is 71.0 Å². The molecule has 1 atom stereocenters. The second kappa shape index (κ2) is 8.48. The highest BCUT2D eigenvalue weighted by Crippen LogP contribution is 2.37. The minimum absolute atomic E-state index is 0.0407. The average Bonchev–Trinajstić information content (AvgIpc) is 3.43. The van der Waals surface area contributed by atoms with E-state index in [1.165, 1.54) is 6.92 Å². The Morgan fingerprint density at radius 2 is 1.97 bits per heavy atom. The van der Waals surface area contributed by atoms with E-state index in [2.05, 4.69) is 29.9 Å². The van der Waals surface area contributed by atoms with E-state index in [4.69, 9.17) is 0 Å². The molecule has 0 unspecified atom stereocenters. The highest BCUT2D eigenvalue weighted by atomic mass is 32.2. The molecule has 0 radical (unpaired) electrons. The standard InChI is InChI=1S/C22H20F3N7O2S/c1-11-18(7-14(23)8-26-11)35(33,34)31-16-5-4-15(24)19(20(16)25)13-3-6-17-21(27-10-32(17)9-13)22-28-12(2)29-30-22/h4-5,7-8,10,13,31H,3,6,9H2,1-2H3,(H,28,29,30)/t13-/m1/s1. The zero-order chi connectivity index (χ0) is 24.9. The predicted octanol–water partition coefficient (Wildman–Crippen LogP) is 3.63. The van der Waals surface area contributed by atoms with Gasteiger partial charge in [-0.15, -0.1) is 0 Å². The Morgan fingerprint density at radius 1 is 1.17 bits per heavy atom. The molecule has 2 N–H and O–H groups in total. The highest BCUT2D eigenvalue weighted by Gasteiger charge is 2.30. The van der Waals surface area contributed by atoms with Crippen LogP contribution < -0.4 is 4.72 Å². The molecule has 4 aromatic rings. The lowest BCUT2D eigenvalue weighted by Crippen LogP contribution is -2.22. The lowest BCUT2D eigenvalue weighted by atomic mass is 9.89. The van der Waals surface area contributed by atoms with Gasteiger partial charge in [-0.2, -0.15) is 5.10 Å². The summed E-state index contributed by atoms with van der Waals surface area (Å²) in [5.74, 6) is -2.13. The summed E-state index contributed by atoms with van der Waals surface area (Å²) in [6.07, 6.45) is 3.33. The molecule has 13 heteroatoms. The molecule has 0 aliphatic carbocycles. The van der Waals surface area contributed by atoms with Gasteiger partial charge in [0, 0.05) is 23.7 Å². The number of benzene rings is 1. The first-order chi connectivity index (χ1) is 16.6. The summed E-state index contributed by atoms with van der Waals surface area (Å²) >= 11 is 0. The maximum atomic E-state index is 15.5. The minimum atomic E-state index is -4.37. The van der Waals surface area contributed by atoms with Crippen LogP contribution in [0.2, 0.25) is 0 Å². The van der Waals surface area contributed by atoms with Crippen molar-refractivity contribution in [2.75, 3.05) is 4.72 Å². The molecule has 0 bridgehead atoms. The van der Waals surface area contributed by atoms with E-state index < -0.39 is 44.0 Å². The van der Waals surface area contributed by atoms with Crippen molar-refractivity contribution < 1.29 is 21.6 Å².